The van der Waals surface area contributed by atoms with E-state index in [4.69, 9.17) is 9.47 Å². The topological polar surface area (TPSA) is 99.5 Å². The van der Waals surface area contributed by atoms with Crippen molar-refractivity contribution in [3.8, 4) is 0 Å². The van der Waals surface area contributed by atoms with Gasteiger partial charge in [-0.15, -0.1) is 11.3 Å². The lowest BCUT2D eigenvalue weighted by Gasteiger charge is -2.18. The van der Waals surface area contributed by atoms with Gasteiger partial charge >= 0.3 is 11.9 Å². The zero-order valence-electron chi connectivity index (χ0n) is 17.0. The largest absolute Gasteiger partial charge is 0.462 e. The molecule has 0 saturated carbocycles. The molecule has 1 aliphatic carbocycles. The van der Waals surface area contributed by atoms with Gasteiger partial charge in [-0.3, -0.25) is 9.48 Å². The molecular formula is C20H25N3O5S. The first-order valence-corrected chi connectivity index (χ1v) is 10.4. The molecule has 1 aliphatic rings. The molecule has 156 valence electrons. The summed E-state index contributed by atoms with van der Waals surface area (Å²) in [5, 5.41) is 7.13. The van der Waals surface area contributed by atoms with E-state index in [0.29, 0.717) is 16.5 Å². The summed E-state index contributed by atoms with van der Waals surface area (Å²) >= 11 is 1.40. The molecule has 1 N–H and O–H groups in total. The predicted molar refractivity (Wildman–Crippen MR) is 108 cm³/mol. The van der Waals surface area contributed by atoms with Crippen molar-refractivity contribution in [1.82, 2.24) is 9.78 Å². The molecule has 1 amide bonds. The molecule has 2 atom stereocenters. The highest BCUT2D eigenvalue weighted by Crippen LogP contribution is 2.40. The summed E-state index contributed by atoms with van der Waals surface area (Å²) in [4.78, 5) is 38.4. The minimum absolute atomic E-state index is 0.256. The number of carbonyl (C=O) groups excluding carboxylic acids is 3. The Balaban J connectivity index is 1.76. The van der Waals surface area contributed by atoms with Crippen LogP contribution in [-0.4, -0.2) is 40.3 Å². The maximum absolute atomic E-state index is 12.6. The number of thiophene rings is 1. The van der Waals surface area contributed by atoms with Crippen LogP contribution in [0.3, 0.4) is 0 Å². The number of nitrogens with one attached hydrogen (secondary N) is 1. The summed E-state index contributed by atoms with van der Waals surface area (Å²) in [6, 6.07) is 0. The summed E-state index contributed by atoms with van der Waals surface area (Å²) < 4.78 is 11.9. The van der Waals surface area contributed by atoms with E-state index >= 15 is 0 Å². The van der Waals surface area contributed by atoms with Gasteiger partial charge in [0, 0.05) is 18.1 Å². The maximum Gasteiger partial charge on any atom is 0.342 e. The molecule has 2 aromatic heterocycles. The van der Waals surface area contributed by atoms with E-state index in [1.54, 1.807) is 14.0 Å². The zero-order chi connectivity index (χ0) is 21.1. The van der Waals surface area contributed by atoms with Gasteiger partial charge in [-0.05, 0) is 44.6 Å². The first-order chi connectivity index (χ1) is 13.8. The lowest BCUT2D eigenvalue weighted by atomic mass is 9.88. The standard InChI is InChI=1S/C20H25N3O5S/c1-5-27-20(26)16-14-7-6-11(2)8-15(14)29-18(16)22-17(24)12(3)28-19(25)13-9-21-23(4)10-13/h9-12H,5-8H2,1-4H3,(H,22,24)/t11-,12+/m0/s1. The van der Waals surface area contributed by atoms with Crippen molar-refractivity contribution in [2.75, 3.05) is 11.9 Å². The third kappa shape index (κ3) is 4.67. The summed E-state index contributed by atoms with van der Waals surface area (Å²) in [5.74, 6) is -1.04. The number of rotatable bonds is 6. The molecule has 0 saturated heterocycles. The Morgan fingerprint density at radius 1 is 1.38 bits per heavy atom. The van der Waals surface area contributed by atoms with E-state index in [1.807, 2.05) is 0 Å². The second kappa shape index (κ2) is 8.77. The molecule has 3 rings (SSSR count). The lowest BCUT2D eigenvalue weighted by molar-refractivity contribution is -0.123. The van der Waals surface area contributed by atoms with E-state index in [9.17, 15) is 14.4 Å². The van der Waals surface area contributed by atoms with Crippen molar-refractivity contribution >= 4 is 34.2 Å². The number of ether oxygens (including phenoxy) is 2. The van der Waals surface area contributed by atoms with E-state index < -0.39 is 23.9 Å². The number of aromatic nitrogens is 2. The van der Waals surface area contributed by atoms with Gasteiger partial charge in [-0.1, -0.05) is 6.92 Å². The Labute approximate surface area is 173 Å². The molecule has 9 heteroatoms. The quantitative estimate of drug-likeness (QED) is 0.723. The number of esters is 2. The Bertz CT molecular complexity index is 933. The highest BCUT2D eigenvalue weighted by molar-refractivity contribution is 7.17. The van der Waals surface area contributed by atoms with Crippen LogP contribution < -0.4 is 5.32 Å². The lowest BCUT2D eigenvalue weighted by Crippen LogP contribution is -2.30. The molecule has 2 aromatic rings. The number of aryl methyl sites for hydroxylation is 1. The normalized spacial score (nSPS) is 16.6. The Morgan fingerprint density at radius 2 is 2.14 bits per heavy atom. The number of fused-ring (bicyclic) bond motifs is 1. The fourth-order valence-corrected chi connectivity index (χ4v) is 4.68. The number of anilines is 1. The van der Waals surface area contributed by atoms with Crippen LogP contribution in [0.5, 0.6) is 0 Å². The number of hydrogen-bond acceptors (Lipinski definition) is 7. The summed E-state index contributed by atoms with van der Waals surface area (Å²) in [7, 11) is 1.68. The first kappa shape index (κ1) is 21.0. The molecule has 29 heavy (non-hydrogen) atoms. The SMILES string of the molecule is CCOC(=O)c1c(NC(=O)[C@@H](C)OC(=O)c2cnn(C)c2)sc2c1CC[C@H](C)C2. The number of carbonyl (C=O) groups is 3. The van der Waals surface area contributed by atoms with Gasteiger partial charge in [0.05, 0.1) is 23.9 Å². The highest BCUT2D eigenvalue weighted by Gasteiger charge is 2.30. The predicted octanol–water partition coefficient (Wildman–Crippen LogP) is 2.97. The van der Waals surface area contributed by atoms with Crippen molar-refractivity contribution < 1.29 is 23.9 Å². The van der Waals surface area contributed by atoms with Crippen LogP contribution >= 0.6 is 11.3 Å². The van der Waals surface area contributed by atoms with Crippen molar-refractivity contribution in [1.29, 1.82) is 0 Å². The summed E-state index contributed by atoms with van der Waals surface area (Å²) in [5.41, 5.74) is 1.65. The van der Waals surface area contributed by atoms with Crippen LogP contribution in [0.1, 0.15) is 58.3 Å². The Hall–Kier alpha value is -2.68. The van der Waals surface area contributed by atoms with Crippen LogP contribution in [0.25, 0.3) is 0 Å². The minimum atomic E-state index is -1.03. The van der Waals surface area contributed by atoms with Crippen molar-refractivity contribution in [3.05, 3.63) is 34.0 Å². The summed E-state index contributed by atoms with van der Waals surface area (Å²) in [6.45, 7) is 5.66. The van der Waals surface area contributed by atoms with Crippen molar-refractivity contribution in [3.63, 3.8) is 0 Å². The van der Waals surface area contributed by atoms with Gasteiger partial charge in [0.2, 0.25) is 0 Å². The fraction of sp³-hybridized carbons (Fsp3) is 0.500. The molecule has 8 nitrogen and oxygen atoms in total. The molecule has 0 aliphatic heterocycles. The van der Waals surface area contributed by atoms with Crippen molar-refractivity contribution in [2.45, 2.75) is 46.1 Å². The van der Waals surface area contributed by atoms with Gasteiger partial charge in [0.1, 0.15) is 5.00 Å². The van der Waals surface area contributed by atoms with E-state index in [1.165, 1.54) is 35.3 Å². The minimum Gasteiger partial charge on any atom is -0.462 e. The number of nitrogens with zero attached hydrogens (tertiary/aromatic N) is 2. The van der Waals surface area contributed by atoms with Gasteiger partial charge in [0.15, 0.2) is 6.10 Å². The molecule has 0 spiro atoms. The fourth-order valence-electron chi connectivity index (χ4n) is 3.28. The number of amides is 1. The highest BCUT2D eigenvalue weighted by atomic mass is 32.1. The second-order valence-corrected chi connectivity index (χ2v) is 8.32. The third-order valence-corrected chi connectivity index (χ3v) is 5.99. The Morgan fingerprint density at radius 3 is 2.79 bits per heavy atom. The van der Waals surface area contributed by atoms with Gasteiger partial charge in [0.25, 0.3) is 5.91 Å². The first-order valence-electron chi connectivity index (χ1n) is 9.62. The Kier molecular flexibility index (Phi) is 6.36. The summed E-state index contributed by atoms with van der Waals surface area (Å²) in [6.07, 6.45) is 4.50. The number of hydrogen-bond donors (Lipinski definition) is 1. The average molecular weight is 420 g/mol. The van der Waals surface area contributed by atoms with E-state index in [0.717, 1.165) is 29.7 Å². The smallest absolute Gasteiger partial charge is 0.342 e. The molecule has 2 heterocycles. The maximum atomic E-state index is 12.6. The van der Waals surface area contributed by atoms with Crippen LogP contribution in [-0.2, 0) is 34.2 Å². The molecule has 0 radical (unpaired) electrons. The molecule has 0 fully saturated rings. The van der Waals surface area contributed by atoms with Gasteiger partial charge in [-0.2, -0.15) is 5.10 Å². The van der Waals surface area contributed by atoms with E-state index in [2.05, 4.69) is 17.3 Å². The van der Waals surface area contributed by atoms with E-state index in [-0.39, 0.29) is 12.2 Å². The van der Waals surface area contributed by atoms with Crippen LogP contribution in [0.15, 0.2) is 12.4 Å². The molecule has 0 unspecified atom stereocenters. The monoisotopic (exact) mass is 419 g/mol. The molecular weight excluding hydrogens is 394 g/mol. The van der Waals surface area contributed by atoms with Crippen molar-refractivity contribution in [2.24, 2.45) is 13.0 Å². The zero-order valence-corrected chi connectivity index (χ0v) is 17.8. The van der Waals surface area contributed by atoms with Gasteiger partial charge in [-0.25, -0.2) is 9.59 Å². The second-order valence-electron chi connectivity index (χ2n) is 7.22. The molecule has 0 aromatic carbocycles. The van der Waals surface area contributed by atoms with Crippen LogP contribution in [0, 0.1) is 5.92 Å². The van der Waals surface area contributed by atoms with Crippen LogP contribution in [0.2, 0.25) is 0 Å². The molecule has 0 bridgehead atoms. The van der Waals surface area contributed by atoms with Gasteiger partial charge < -0.3 is 14.8 Å². The average Bonchev–Trinajstić information content (AvgIpc) is 3.24. The van der Waals surface area contributed by atoms with Crippen LogP contribution in [0.4, 0.5) is 5.00 Å². The third-order valence-electron chi connectivity index (χ3n) is 4.82.